The maximum atomic E-state index is 12.4. The first-order valence-corrected chi connectivity index (χ1v) is 10.6. The summed E-state index contributed by atoms with van der Waals surface area (Å²) in [4.78, 5) is 12.1. The molecule has 144 valence electrons. The topological polar surface area (TPSA) is 84.5 Å². The van der Waals surface area contributed by atoms with Crippen molar-refractivity contribution in [3.63, 3.8) is 0 Å². The number of benzene rings is 3. The number of nitrogens with one attached hydrogen (secondary N) is 2. The number of rotatable bonds is 7. The summed E-state index contributed by atoms with van der Waals surface area (Å²) in [6.45, 7) is -0.194. The number of hydrogen-bond donors (Lipinski definition) is 2. The van der Waals surface area contributed by atoms with E-state index in [1.54, 1.807) is 42.5 Å². The SMILES string of the molecule is O=C(COc1ccc(S(=O)(=O)Nc2ccccc2)cc1)Nc1cccc(Br)c1. The van der Waals surface area contributed by atoms with Gasteiger partial charge < -0.3 is 10.1 Å². The number of hydrogen-bond acceptors (Lipinski definition) is 4. The molecule has 0 atom stereocenters. The van der Waals surface area contributed by atoms with Gasteiger partial charge in [0, 0.05) is 15.8 Å². The van der Waals surface area contributed by atoms with Gasteiger partial charge in [-0.2, -0.15) is 0 Å². The van der Waals surface area contributed by atoms with Gasteiger partial charge in [0.2, 0.25) is 0 Å². The molecule has 0 aromatic heterocycles. The average molecular weight is 461 g/mol. The highest BCUT2D eigenvalue weighted by Gasteiger charge is 2.14. The number of para-hydroxylation sites is 1. The molecule has 0 radical (unpaired) electrons. The van der Waals surface area contributed by atoms with Crippen LogP contribution in [0.15, 0.2) is 88.2 Å². The molecule has 0 bridgehead atoms. The van der Waals surface area contributed by atoms with Crippen LogP contribution in [0.5, 0.6) is 5.75 Å². The third-order valence-corrected chi connectivity index (χ3v) is 5.53. The van der Waals surface area contributed by atoms with Crippen LogP contribution >= 0.6 is 15.9 Å². The molecule has 0 fully saturated rings. The first-order chi connectivity index (χ1) is 13.4. The lowest BCUT2D eigenvalue weighted by Crippen LogP contribution is -2.20. The number of halogens is 1. The summed E-state index contributed by atoms with van der Waals surface area (Å²) in [5, 5.41) is 2.72. The maximum Gasteiger partial charge on any atom is 0.262 e. The van der Waals surface area contributed by atoms with E-state index in [0.717, 1.165) is 4.47 Å². The van der Waals surface area contributed by atoms with Crippen LogP contribution in [-0.4, -0.2) is 20.9 Å². The molecule has 2 N–H and O–H groups in total. The molecule has 0 aliphatic rings. The molecule has 0 saturated carbocycles. The highest BCUT2D eigenvalue weighted by Crippen LogP contribution is 2.19. The number of ether oxygens (including phenoxy) is 1. The third-order valence-electron chi connectivity index (χ3n) is 3.64. The van der Waals surface area contributed by atoms with E-state index in [9.17, 15) is 13.2 Å². The second-order valence-electron chi connectivity index (χ2n) is 5.79. The first-order valence-electron chi connectivity index (χ1n) is 8.28. The zero-order valence-electron chi connectivity index (χ0n) is 14.6. The summed E-state index contributed by atoms with van der Waals surface area (Å²) in [5.74, 6) is 0.0728. The van der Waals surface area contributed by atoms with Crippen molar-refractivity contribution in [1.82, 2.24) is 0 Å². The summed E-state index contributed by atoms with van der Waals surface area (Å²) < 4.78 is 33.6. The molecule has 6 nitrogen and oxygen atoms in total. The Morgan fingerprint density at radius 1 is 0.893 bits per heavy atom. The van der Waals surface area contributed by atoms with Crippen molar-refractivity contribution in [1.29, 1.82) is 0 Å². The van der Waals surface area contributed by atoms with Crippen LogP contribution in [-0.2, 0) is 14.8 Å². The highest BCUT2D eigenvalue weighted by molar-refractivity contribution is 9.10. The Morgan fingerprint density at radius 2 is 1.57 bits per heavy atom. The minimum atomic E-state index is -3.70. The van der Waals surface area contributed by atoms with E-state index in [2.05, 4.69) is 26.0 Å². The molecule has 0 spiro atoms. The van der Waals surface area contributed by atoms with Gasteiger partial charge in [-0.25, -0.2) is 8.42 Å². The Kier molecular flexibility index (Phi) is 6.33. The molecule has 1 amide bonds. The van der Waals surface area contributed by atoms with Crippen molar-refractivity contribution in [3.8, 4) is 5.75 Å². The van der Waals surface area contributed by atoms with Crippen molar-refractivity contribution in [2.24, 2.45) is 0 Å². The van der Waals surface area contributed by atoms with Crippen molar-refractivity contribution in [2.75, 3.05) is 16.6 Å². The summed E-state index contributed by atoms with van der Waals surface area (Å²) >= 11 is 3.33. The molecule has 0 aliphatic carbocycles. The van der Waals surface area contributed by atoms with Crippen LogP contribution in [0, 0.1) is 0 Å². The molecule has 0 saturated heterocycles. The fraction of sp³-hybridized carbons (Fsp3) is 0.0500. The molecular formula is C20H17BrN2O4S. The quantitative estimate of drug-likeness (QED) is 0.551. The van der Waals surface area contributed by atoms with Gasteiger partial charge in [-0.1, -0.05) is 40.2 Å². The molecule has 3 aromatic carbocycles. The maximum absolute atomic E-state index is 12.4. The van der Waals surface area contributed by atoms with Gasteiger partial charge in [-0.05, 0) is 54.6 Å². The summed E-state index contributed by atoms with van der Waals surface area (Å²) in [6, 6.07) is 21.7. The van der Waals surface area contributed by atoms with Crippen LogP contribution in [0.25, 0.3) is 0 Å². The monoisotopic (exact) mass is 460 g/mol. The van der Waals surface area contributed by atoms with Gasteiger partial charge >= 0.3 is 0 Å². The minimum absolute atomic E-state index is 0.0993. The second-order valence-corrected chi connectivity index (χ2v) is 8.39. The zero-order chi connectivity index (χ0) is 20.0. The summed E-state index contributed by atoms with van der Waals surface area (Å²) in [7, 11) is -3.70. The number of anilines is 2. The van der Waals surface area contributed by atoms with Crippen molar-refractivity contribution >= 4 is 43.2 Å². The molecule has 28 heavy (non-hydrogen) atoms. The first kappa shape index (κ1) is 19.9. The van der Waals surface area contributed by atoms with E-state index in [4.69, 9.17) is 4.74 Å². The highest BCUT2D eigenvalue weighted by atomic mass is 79.9. The Morgan fingerprint density at radius 3 is 2.25 bits per heavy atom. The zero-order valence-corrected chi connectivity index (χ0v) is 17.0. The van der Waals surface area contributed by atoms with Crippen LogP contribution in [0.4, 0.5) is 11.4 Å². The molecular weight excluding hydrogens is 444 g/mol. The lowest BCUT2D eigenvalue weighted by molar-refractivity contribution is -0.118. The number of carbonyl (C=O) groups excluding carboxylic acids is 1. The molecule has 0 aliphatic heterocycles. The van der Waals surface area contributed by atoms with Gasteiger partial charge in [0.05, 0.1) is 4.90 Å². The van der Waals surface area contributed by atoms with Crippen molar-refractivity contribution in [2.45, 2.75) is 4.90 Å². The number of sulfonamides is 1. The summed E-state index contributed by atoms with van der Waals surface area (Å²) in [6.07, 6.45) is 0. The predicted octanol–water partition coefficient (Wildman–Crippen LogP) is 4.27. The largest absolute Gasteiger partial charge is 0.484 e. The molecule has 3 aromatic rings. The molecule has 3 rings (SSSR count). The van der Waals surface area contributed by atoms with Gasteiger partial charge in [0.1, 0.15) is 5.75 Å². The smallest absolute Gasteiger partial charge is 0.262 e. The molecule has 0 heterocycles. The summed E-state index contributed by atoms with van der Waals surface area (Å²) in [5.41, 5.74) is 1.13. The van der Waals surface area contributed by atoms with E-state index in [0.29, 0.717) is 17.1 Å². The van der Waals surface area contributed by atoms with Crippen molar-refractivity contribution in [3.05, 3.63) is 83.3 Å². The van der Waals surface area contributed by atoms with E-state index < -0.39 is 10.0 Å². The second kappa shape index (κ2) is 8.90. The Bertz CT molecular complexity index is 1060. The van der Waals surface area contributed by atoms with Crippen LogP contribution in [0.3, 0.4) is 0 Å². The van der Waals surface area contributed by atoms with Crippen LogP contribution < -0.4 is 14.8 Å². The van der Waals surface area contributed by atoms with Crippen LogP contribution in [0.2, 0.25) is 0 Å². The fourth-order valence-corrected chi connectivity index (χ4v) is 3.81. The van der Waals surface area contributed by atoms with E-state index in [-0.39, 0.29) is 17.4 Å². The van der Waals surface area contributed by atoms with Gasteiger partial charge in [0.25, 0.3) is 15.9 Å². The average Bonchev–Trinajstić information content (AvgIpc) is 2.67. The van der Waals surface area contributed by atoms with Gasteiger partial charge in [-0.3, -0.25) is 9.52 Å². The van der Waals surface area contributed by atoms with Crippen molar-refractivity contribution < 1.29 is 17.9 Å². The third kappa shape index (κ3) is 5.58. The molecule has 0 unspecified atom stereocenters. The predicted molar refractivity (Wildman–Crippen MR) is 112 cm³/mol. The number of amides is 1. The Hall–Kier alpha value is -2.84. The van der Waals surface area contributed by atoms with E-state index >= 15 is 0 Å². The fourth-order valence-electron chi connectivity index (χ4n) is 2.35. The normalized spacial score (nSPS) is 10.9. The number of carbonyl (C=O) groups is 1. The molecule has 8 heteroatoms. The van der Waals surface area contributed by atoms with E-state index in [1.807, 2.05) is 12.1 Å². The minimum Gasteiger partial charge on any atom is -0.484 e. The Labute approximate surface area is 171 Å². The van der Waals surface area contributed by atoms with Crippen LogP contribution in [0.1, 0.15) is 0 Å². The van der Waals surface area contributed by atoms with E-state index in [1.165, 1.54) is 24.3 Å². The lowest BCUT2D eigenvalue weighted by Gasteiger charge is -2.10. The lowest BCUT2D eigenvalue weighted by atomic mass is 10.3. The van der Waals surface area contributed by atoms with Gasteiger partial charge in [-0.15, -0.1) is 0 Å². The Balaban J connectivity index is 1.57. The standard InChI is InChI=1S/C20H17BrN2O4S/c21-15-5-4-8-17(13-15)22-20(24)14-27-18-9-11-19(12-10-18)28(25,26)23-16-6-2-1-3-7-16/h1-13,23H,14H2,(H,22,24). The van der Waals surface area contributed by atoms with Gasteiger partial charge in [0.15, 0.2) is 6.61 Å².